The quantitative estimate of drug-likeness (QED) is 0.622. The molecule has 0 bridgehead atoms. The van der Waals surface area contributed by atoms with Crippen LogP contribution in [0.4, 0.5) is 5.69 Å². The summed E-state index contributed by atoms with van der Waals surface area (Å²) < 4.78 is 0. The highest BCUT2D eigenvalue weighted by Crippen LogP contribution is 2.24. The number of carbonyl (C=O) groups excluding carboxylic acids is 1. The molecule has 0 atom stereocenters. The molecule has 1 fully saturated rings. The third-order valence-corrected chi connectivity index (χ3v) is 3.52. The Hall–Kier alpha value is -1.75. The minimum atomic E-state index is 0.145. The molecule has 2 heteroatoms. The molecular formula is C16H19NO. The lowest BCUT2D eigenvalue weighted by Crippen LogP contribution is -2.22. The van der Waals surface area contributed by atoms with Gasteiger partial charge in [-0.3, -0.25) is 4.79 Å². The molecule has 1 N–H and O–H groups in total. The second-order valence-corrected chi connectivity index (χ2v) is 4.90. The third-order valence-electron chi connectivity index (χ3n) is 3.52. The lowest BCUT2D eigenvalue weighted by molar-refractivity contribution is -0.120. The van der Waals surface area contributed by atoms with E-state index in [1.165, 1.54) is 25.7 Å². The minimum Gasteiger partial charge on any atom is -0.326 e. The van der Waals surface area contributed by atoms with Gasteiger partial charge in [-0.25, -0.2) is 0 Å². The van der Waals surface area contributed by atoms with Crippen molar-refractivity contribution in [1.29, 1.82) is 0 Å². The molecule has 1 aromatic rings. The Morgan fingerprint density at radius 3 is 2.61 bits per heavy atom. The summed E-state index contributed by atoms with van der Waals surface area (Å²) in [5, 5.41) is 2.98. The Labute approximate surface area is 109 Å². The topological polar surface area (TPSA) is 29.1 Å². The van der Waals surface area contributed by atoms with Crippen molar-refractivity contribution < 1.29 is 4.79 Å². The van der Waals surface area contributed by atoms with E-state index < -0.39 is 0 Å². The maximum Gasteiger partial charge on any atom is 0.227 e. The highest BCUT2D eigenvalue weighted by atomic mass is 16.1. The smallest absolute Gasteiger partial charge is 0.227 e. The van der Waals surface area contributed by atoms with E-state index in [9.17, 15) is 4.79 Å². The van der Waals surface area contributed by atoms with Crippen molar-refractivity contribution >= 4 is 11.6 Å². The van der Waals surface area contributed by atoms with Gasteiger partial charge >= 0.3 is 0 Å². The minimum absolute atomic E-state index is 0.145. The zero-order valence-electron chi connectivity index (χ0n) is 10.6. The van der Waals surface area contributed by atoms with Crippen LogP contribution >= 0.6 is 0 Å². The molecule has 1 aliphatic rings. The Bertz CT molecular complexity index is 450. The number of anilines is 1. The molecule has 2 nitrogen and oxygen atoms in total. The van der Waals surface area contributed by atoms with Crippen molar-refractivity contribution in [3.63, 3.8) is 0 Å². The molecule has 0 aromatic heterocycles. The van der Waals surface area contributed by atoms with Crippen LogP contribution in [-0.4, -0.2) is 5.91 Å². The molecule has 2 rings (SSSR count). The van der Waals surface area contributed by atoms with Crippen molar-refractivity contribution in [2.75, 3.05) is 5.32 Å². The van der Waals surface area contributed by atoms with Crippen molar-refractivity contribution in [1.82, 2.24) is 0 Å². The van der Waals surface area contributed by atoms with Crippen molar-refractivity contribution in [2.24, 2.45) is 5.92 Å². The van der Waals surface area contributed by atoms with Gasteiger partial charge < -0.3 is 5.32 Å². The van der Waals surface area contributed by atoms with Gasteiger partial charge in [0.1, 0.15) is 0 Å². The van der Waals surface area contributed by atoms with Crippen LogP contribution in [0, 0.1) is 18.3 Å². The molecule has 1 aromatic carbocycles. The number of nitrogens with one attached hydrogen (secondary N) is 1. The van der Waals surface area contributed by atoms with Crippen molar-refractivity contribution in [3.8, 4) is 12.3 Å². The molecule has 0 unspecified atom stereocenters. The SMILES string of the molecule is C#Cc1cccc(NC(=O)C2CCCCCC2)c1. The second kappa shape index (κ2) is 6.26. The maximum atomic E-state index is 12.2. The maximum absolute atomic E-state index is 12.2. The predicted octanol–water partition coefficient (Wildman–Crippen LogP) is 3.58. The number of rotatable bonds is 2. The van der Waals surface area contributed by atoms with E-state index in [0.29, 0.717) is 0 Å². The fourth-order valence-corrected chi connectivity index (χ4v) is 2.47. The first-order chi connectivity index (χ1) is 8.79. The van der Waals surface area contributed by atoms with E-state index in [4.69, 9.17) is 6.42 Å². The standard InChI is InChI=1S/C16H19NO/c1-2-13-8-7-11-15(12-13)17-16(18)14-9-5-3-4-6-10-14/h1,7-8,11-12,14H,3-6,9-10H2,(H,17,18). The Kier molecular flexibility index (Phi) is 4.41. The average Bonchev–Trinajstić information content (AvgIpc) is 2.68. The summed E-state index contributed by atoms with van der Waals surface area (Å²) in [6.07, 6.45) is 12.2. The van der Waals surface area contributed by atoms with Gasteiger partial charge in [-0.2, -0.15) is 0 Å². The van der Waals surface area contributed by atoms with Crippen molar-refractivity contribution in [2.45, 2.75) is 38.5 Å². The van der Waals surface area contributed by atoms with Crippen LogP contribution in [0.2, 0.25) is 0 Å². The zero-order chi connectivity index (χ0) is 12.8. The van der Waals surface area contributed by atoms with E-state index in [1.54, 1.807) is 0 Å². The van der Waals surface area contributed by atoms with Gasteiger partial charge in [0.2, 0.25) is 5.91 Å². The third kappa shape index (κ3) is 3.37. The van der Waals surface area contributed by atoms with Gasteiger partial charge in [-0.05, 0) is 31.0 Å². The molecule has 0 radical (unpaired) electrons. The first kappa shape index (κ1) is 12.7. The molecule has 0 saturated heterocycles. The summed E-state index contributed by atoms with van der Waals surface area (Å²) in [7, 11) is 0. The first-order valence-corrected chi connectivity index (χ1v) is 6.67. The van der Waals surface area contributed by atoms with Gasteiger partial charge in [0.15, 0.2) is 0 Å². The number of carbonyl (C=O) groups is 1. The zero-order valence-corrected chi connectivity index (χ0v) is 10.6. The summed E-state index contributed by atoms with van der Waals surface area (Å²) in [5.74, 6) is 2.89. The fourth-order valence-electron chi connectivity index (χ4n) is 2.47. The molecule has 1 amide bonds. The fraction of sp³-hybridized carbons (Fsp3) is 0.438. The van der Waals surface area contributed by atoms with Crippen LogP contribution in [0.3, 0.4) is 0 Å². The van der Waals surface area contributed by atoms with Gasteiger partial charge in [0.25, 0.3) is 0 Å². The van der Waals surface area contributed by atoms with E-state index in [-0.39, 0.29) is 11.8 Å². The van der Waals surface area contributed by atoms with Crippen LogP contribution in [0.15, 0.2) is 24.3 Å². The monoisotopic (exact) mass is 241 g/mol. The van der Waals surface area contributed by atoms with Gasteiger partial charge in [0, 0.05) is 17.2 Å². The largest absolute Gasteiger partial charge is 0.326 e. The Morgan fingerprint density at radius 1 is 1.22 bits per heavy atom. The van der Waals surface area contributed by atoms with Gasteiger partial charge in [-0.1, -0.05) is 37.7 Å². The molecule has 94 valence electrons. The summed E-state index contributed by atoms with van der Waals surface area (Å²) in [5.41, 5.74) is 1.60. The van der Waals surface area contributed by atoms with E-state index in [1.807, 2.05) is 24.3 Å². The highest BCUT2D eigenvalue weighted by molar-refractivity contribution is 5.92. The first-order valence-electron chi connectivity index (χ1n) is 6.67. The van der Waals surface area contributed by atoms with E-state index in [0.717, 1.165) is 24.1 Å². The predicted molar refractivity (Wildman–Crippen MR) is 74.2 cm³/mol. The number of amides is 1. The normalized spacial score (nSPS) is 16.6. The van der Waals surface area contributed by atoms with Crippen LogP contribution < -0.4 is 5.32 Å². The van der Waals surface area contributed by atoms with Crippen molar-refractivity contribution in [3.05, 3.63) is 29.8 Å². The van der Waals surface area contributed by atoms with Crippen LogP contribution in [0.1, 0.15) is 44.1 Å². The van der Waals surface area contributed by atoms with Gasteiger partial charge in [-0.15, -0.1) is 6.42 Å². The summed E-state index contributed by atoms with van der Waals surface area (Å²) in [6.45, 7) is 0. The van der Waals surface area contributed by atoms with Crippen LogP contribution in [0.25, 0.3) is 0 Å². The van der Waals surface area contributed by atoms with E-state index >= 15 is 0 Å². The molecule has 0 heterocycles. The molecular weight excluding hydrogens is 222 g/mol. The number of hydrogen-bond acceptors (Lipinski definition) is 1. The van der Waals surface area contributed by atoms with Crippen LogP contribution in [-0.2, 0) is 4.79 Å². The van der Waals surface area contributed by atoms with E-state index in [2.05, 4.69) is 11.2 Å². The second-order valence-electron chi connectivity index (χ2n) is 4.90. The highest BCUT2D eigenvalue weighted by Gasteiger charge is 2.19. The molecule has 18 heavy (non-hydrogen) atoms. The lowest BCUT2D eigenvalue weighted by Gasteiger charge is -2.14. The molecule has 1 aliphatic carbocycles. The average molecular weight is 241 g/mol. The summed E-state index contributed by atoms with van der Waals surface area (Å²) in [6, 6.07) is 7.46. The number of benzene rings is 1. The van der Waals surface area contributed by atoms with Gasteiger partial charge in [0.05, 0.1) is 0 Å². The molecule has 0 spiro atoms. The summed E-state index contributed by atoms with van der Waals surface area (Å²) >= 11 is 0. The lowest BCUT2D eigenvalue weighted by atomic mass is 9.99. The number of hydrogen-bond donors (Lipinski definition) is 1. The molecule has 0 aliphatic heterocycles. The van der Waals surface area contributed by atoms with Crippen LogP contribution in [0.5, 0.6) is 0 Å². The Morgan fingerprint density at radius 2 is 1.94 bits per heavy atom. The molecule has 1 saturated carbocycles. The number of terminal acetylenes is 1. The Balaban J connectivity index is 1.99. The summed E-state index contributed by atoms with van der Waals surface area (Å²) in [4.78, 5) is 12.2.